The minimum absolute atomic E-state index is 0.607. The highest BCUT2D eigenvalue weighted by atomic mass is 31.2. The Hall–Kier alpha value is -2.57. The van der Waals surface area contributed by atoms with Crippen LogP contribution in [0.25, 0.3) is 0 Å². The molecule has 0 amide bonds. The number of benzene rings is 3. The van der Waals surface area contributed by atoms with Crippen molar-refractivity contribution in [3.63, 3.8) is 0 Å². The third-order valence-electron chi connectivity index (χ3n) is 5.10. The van der Waals surface area contributed by atoms with E-state index in [0.29, 0.717) is 11.7 Å². The van der Waals surface area contributed by atoms with Crippen LogP contribution in [0, 0.1) is 0 Å². The Balaban J connectivity index is 2.46. The van der Waals surface area contributed by atoms with Gasteiger partial charge in [-0.1, -0.05) is 111 Å². The predicted octanol–water partition coefficient (Wildman–Crippen LogP) is 4.82. The Labute approximate surface area is 167 Å². The van der Waals surface area contributed by atoms with Gasteiger partial charge in [-0.3, -0.25) is 0 Å². The molecule has 3 aromatic carbocycles. The second-order valence-electron chi connectivity index (χ2n) is 6.89. The van der Waals surface area contributed by atoms with Crippen molar-refractivity contribution in [1.82, 2.24) is 0 Å². The van der Waals surface area contributed by atoms with Gasteiger partial charge in [0.1, 0.15) is 0 Å². The quantitative estimate of drug-likeness (QED) is 0.442. The van der Waals surface area contributed by atoms with Crippen molar-refractivity contribution in [1.29, 1.82) is 0 Å². The second-order valence-corrected chi connectivity index (χ2v) is 10.3. The standard InChI is InChI=1S/C25H27O2P/c1-2-3-7-20-24(25(26)27)28(21-14-8-4-9-15-21,22-16-10-5-11-17-22)23-18-12-6-13-19-23/h4-6,8-19H,2-3,7,20H2,1H3,(H,26,27). The molecule has 0 unspecified atom stereocenters. The van der Waals surface area contributed by atoms with Crippen molar-refractivity contribution in [3.05, 3.63) is 91.0 Å². The van der Waals surface area contributed by atoms with E-state index in [4.69, 9.17) is 0 Å². The summed E-state index contributed by atoms with van der Waals surface area (Å²) in [5.41, 5.74) is 0. The molecule has 0 saturated carbocycles. The lowest BCUT2D eigenvalue weighted by atomic mass is 10.1. The van der Waals surface area contributed by atoms with Crippen LogP contribution in [0.2, 0.25) is 0 Å². The highest BCUT2D eigenvalue weighted by Gasteiger charge is 2.32. The van der Waals surface area contributed by atoms with E-state index in [1.165, 1.54) is 0 Å². The number of hydrogen-bond donors (Lipinski definition) is 1. The number of rotatable bonds is 8. The third kappa shape index (κ3) is 3.98. The zero-order valence-electron chi connectivity index (χ0n) is 16.3. The number of carboxylic acids is 1. The molecule has 0 saturated heterocycles. The molecule has 0 aliphatic heterocycles. The van der Waals surface area contributed by atoms with Crippen LogP contribution >= 0.6 is 6.89 Å². The summed E-state index contributed by atoms with van der Waals surface area (Å²) in [4.78, 5) is 12.7. The molecule has 0 aliphatic rings. The van der Waals surface area contributed by atoms with Gasteiger partial charge in [-0.05, 0) is 35.6 Å². The van der Waals surface area contributed by atoms with Gasteiger partial charge in [-0.15, -0.1) is 0 Å². The zero-order valence-corrected chi connectivity index (χ0v) is 17.2. The molecule has 0 aliphatic carbocycles. The molecule has 3 aromatic rings. The topological polar surface area (TPSA) is 37.3 Å². The summed E-state index contributed by atoms with van der Waals surface area (Å²) < 4.78 is 0. The lowest BCUT2D eigenvalue weighted by Gasteiger charge is -2.31. The fourth-order valence-corrected chi connectivity index (χ4v) is 8.30. The Morgan fingerprint density at radius 2 is 1.11 bits per heavy atom. The van der Waals surface area contributed by atoms with E-state index in [2.05, 4.69) is 43.3 Å². The first-order valence-electron chi connectivity index (χ1n) is 9.86. The molecule has 144 valence electrons. The molecule has 3 rings (SSSR count). The lowest BCUT2D eigenvalue weighted by molar-refractivity contribution is -0.129. The maximum atomic E-state index is 12.7. The van der Waals surface area contributed by atoms with Crippen molar-refractivity contribution in [2.24, 2.45) is 0 Å². The van der Waals surface area contributed by atoms with Gasteiger partial charge in [0.15, 0.2) is 0 Å². The molecule has 0 aromatic heterocycles. The van der Waals surface area contributed by atoms with Crippen LogP contribution in [0.5, 0.6) is 0 Å². The van der Waals surface area contributed by atoms with E-state index >= 15 is 0 Å². The van der Waals surface area contributed by atoms with Gasteiger partial charge >= 0.3 is 5.97 Å². The van der Waals surface area contributed by atoms with E-state index < -0.39 is 12.9 Å². The van der Waals surface area contributed by atoms with Gasteiger partial charge in [0, 0.05) is 5.29 Å². The summed E-state index contributed by atoms with van der Waals surface area (Å²) in [7, 11) is 0. The number of aliphatic carboxylic acids is 1. The number of unbranched alkanes of at least 4 members (excludes halogenated alkanes) is 2. The van der Waals surface area contributed by atoms with Crippen LogP contribution in [0.15, 0.2) is 91.0 Å². The molecule has 0 heterocycles. The van der Waals surface area contributed by atoms with E-state index in [1.807, 2.05) is 54.6 Å². The Kier molecular flexibility index (Phi) is 6.90. The fraction of sp³-hybridized carbons (Fsp3) is 0.200. The average Bonchev–Trinajstić information content (AvgIpc) is 2.75. The Morgan fingerprint density at radius 1 is 0.714 bits per heavy atom. The SMILES string of the molecule is CCCCCC(C(=O)O)=P(c1ccccc1)(c1ccccc1)c1ccccc1. The molecule has 0 atom stereocenters. The van der Waals surface area contributed by atoms with Gasteiger partial charge in [0.05, 0.1) is 0 Å². The van der Waals surface area contributed by atoms with Crippen LogP contribution in [0.4, 0.5) is 0 Å². The minimum Gasteiger partial charge on any atom is -0.478 e. The molecule has 28 heavy (non-hydrogen) atoms. The van der Waals surface area contributed by atoms with Gasteiger partial charge in [0.2, 0.25) is 0 Å². The third-order valence-corrected chi connectivity index (χ3v) is 9.54. The zero-order chi connectivity index (χ0) is 19.8. The summed E-state index contributed by atoms with van der Waals surface area (Å²) in [5.74, 6) is -0.777. The first-order chi connectivity index (χ1) is 13.7. The average molecular weight is 390 g/mol. The van der Waals surface area contributed by atoms with Crippen molar-refractivity contribution >= 4 is 34.1 Å². The second kappa shape index (κ2) is 9.57. The Bertz CT molecular complexity index is 844. The maximum absolute atomic E-state index is 12.7. The lowest BCUT2D eigenvalue weighted by Crippen LogP contribution is -2.33. The monoisotopic (exact) mass is 390 g/mol. The maximum Gasteiger partial charge on any atom is 0.332 e. The largest absolute Gasteiger partial charge is 0.478 e. The predicted molar refractivity (Wildman–Crippen MR) is 122 cm³/mol. The van der Waals surface area contributed by atoms with E-state index in [-0.39, 0.29) is 0 Å². The van der Waals surface area contributed by atoms with Gasteiger partial charge in [-0.2, -0.15) is 0 Å². The van der Waals surface area contributed by atoms with Crippen LogP contribution in [0.1, 0.15) is 32.6 Å². The van der Waals surface area contributed by atoms with E-state index in [1.54, 1.807) is 0 Å². The molecule has 3 heteroatoms. The summed E-state index contributed by atoms with van der Waals surface area (Å²) in [6.45, 7) is -0.295. The van der Waals surface area contributed by atoms with Crippen molar-refractivity contribution < 1.29 is 9.90 Å². The first kappa shape index (κ1) is 20.2. The van der Waals surface area contributed by atoms with Crippen molar-refractivity contribution in [2.75, 3.05) is 0 Å². The van der Waals surface area contributed by atoms with Crippen LogP contribution in [-0.2, 0) is 4.79 Å². The van der Waals surface area contributed by atoms with E-state index in [0.717, 1.165) is 35.2 Å². The summed E-state index contributed by atoms with van der Waals surface area (Å²) >= 11 is 0. The van der Waals surface area contributed by atoms with Crippen molar-refractivity contribution in [2.45, 2.75) is 32.6 Å². The number of carboxylic acid groups (broad SMARTS) is 1. The summed E-state index contributed by atoms with van der Waals surface area (Å²) in [6, 6.07) is 30.6. The molecule has 0 spiro atoms. The van der Waals surface area contributed by atoms with Crippen LogP contribution < -0.4 is 15.9 Å². The molecule has 0 bridgehead atoms. The van der Waals surface area contributed by atoms with Crippen molar-refractivity contribution in [3.8, 4) is 0 Å². The number of carbonyl (C=O) groups is 1. The first-order valence-corrected chi connectivity index (χ1v) is 11.7. The minimum atomic E-state index is -2.44. The summed E-state index contributed by atoms with van der Waals surface area (Å²) in [5, 5.41) is 14.3. The number of hydrogen-bond acceptors (Lipinski definition) is 1. The fourth-order valence-electron chi connectivity index (χ4n) is 3.83. The molecular formula is C25H27O2P. The highest BCUT2D eigenvalue weighted by Crippen LogP contribution is 2.47. The molecule has 0 fully saturated rings. The van der Waals surface area contributed by atoms with Crippen LogP contribution in [-0.4, -0.2) is 16.4 Å². The molecule has 2 nitrogen and oxygen atoms in total. The van der Waals surface area contributed by atoms with Gasteiger partial charge in [-0.25, -0.2) is 4.79 Å². The Morgan fingerprint density at radius 3 is 1.43 bits per heavy atom. The van der Waals surface area contributed by atoms with Gasteiger partial charge < -0.3 is 5.11 Å². The molecular weight excluding hydrogens is 363 g/mol. The van der Waals surface area contributed by atoms with Gasteiger partial charge in [0.25, 0.3) is 0 Å². The normalized spacial score (nSPS) is 11.2. The molecule has 0 radical (unpaired) electrons. The van der Waals surface area contributed by atoms with E-state index in [9.17, 15) is 9.90 Å². The highest BCUT2D eigenvalue weighted by molar-refractivity contribution is 7.96. The van der Waals surface area contributed by atoms with Crippen LogP contribution in [0.3, 0.4) is 0 Å². The molecule has 1 N–H and O–H groups in total. The summed E-state index contributed by atoms with van der Waals surface area (Å²) in [6.07, 6.45) is 3.61. The smallest absolute Gasteiger partial charge is 0.332 e.